The molecule has 2 aliphatic heterocycles. The van der Waals surface area contributed by atoms with Gasteiger partial charge >= 0.3 is 0 Å². The van der Waals surface area contributed by atoms with Gasteiger partial charge in [0.2, 0.25) is 11.9 Å². The van der Waals surface area contributed by atoms with Crippen molar-refractivity contribution in [3.05, 3.63) is 47.3 Å². The Kier molecular flexibility index (Phi) is 7.79. The highest BCUT2D eigenvalue weighted by Crippen LogP contribution is 2.45. The van der Waals surface area contributed by atoms with Gasteiger partial charge in [0, 0.05) is 66.9 Å². The molecule has 7 rings (SSSR count). The van der Waals surface area contributed by atoms with Crippen LogP contribution in [0.5, 0.6) is 0 Å². The predicted octanol–water partition coefficient (Wildman–Crippen LogP) is 5.60. The minimum Gasteiger partial charge on any atom is -0.365 e. The Morgan fingerprint density at radius 1 is 1.13 bits per heavy atom. The second-order valence-electron chi connectivity index (χ2n) is 13.4. The van der Waals surface area contributed by atoms with Crippen LogP contribution in [-0.2, 0) is 4.79 Å². The number of hydrogen-bond acceptors (Lipinski definition) is 8. The van der Waals surface area contributed by atoms with E-state index in [1.807, 2.05) is 36.9 Å². The van der Waals surface area contributed by atoms with Gasteiger partial charge in [0.15, 0.2) is 11.6 Å². The Bertz CT molecular complexity index is 1850. The first-order chi connectivity index (χ1) is 22.0. The minimum atomic E-state index is -0.482. The van der Waals surface area contributed by atoms with Crippen molar-refractivity contribution in [3.8, 4) is 11.1 Å². The van der Waals surface area contributed by atoms with E-state index in [9.17, 15) is 4.79 Å². The zero-order chi connectivity index (χ0) is 32.4. The molecule has 4 heterocycles. The number of aromatic nitrogens is 4. The summed E-state index contributed by atoms with van der Waals surface area (Å²) in [6.07, 6.45) is 4.71. The van der Waals surface area contributed by atoms with E-state index >= 15 is 4.39 Å². The Hall–Kier alpha value is -3.96. The van der Waals surface area contributed by atoms with Crippen LogP contribution < -0.4 is 15.1 Å². The number of carbonyl (C=O) groups is 1. The number of carbonyl (C=O) groups excluding carboxylic acids is 1. The highest BCUT2D eigenvalue weighted by molar-refractivity contribution is 6.35. The molecule has 2 N–H and O–H groups in total. The van der Waals surface area contributed by atoms with E-state index in [0.717, 1.165) is 42.4 Å². The van der Waals surface area contributed by atoms with Gasteiger partial charge in [-0.3, -0.25) is 9.89 Å². The van der Waals surface area contributed by atoms with Crippen molar-refractivity contribution in [2.24, 2.45) is 0 Å². The van der Waals surface area contributed by atoms with Crippen LogP contribution in [0.25, 0.3) is 32.9 Å². The van der Waals surface area contributed by atoms with E-state index in [-0.39, 0.29) is 28.5 Å². The smallest absolute Gasteiger partial charge is 0.246 e. The van der Waals surface area contributed by atoms with Crippen LogP contribution in [0, 0.1) is 12.7 Å². The maximum atomic E-state index is 17.3. The van der Waals surface area contributed by atoms with E-state index in [2.05, 4.69) is 57.8 Å². The van der Waals surface area contributed by atoms with Gasteiger partial charge in [-0.2, -0.15) is 10.1 Å². The van der Waals surface area contributed by atoms with E-state index in [1.54, 1.807) is 0 Å². The average molecular weight is 646 g/mol. The van der Waals surface area contributed by atoms with Gasteiger partial charge < -0.3 is 24.9 Å². The van der Waals surface area contributed by atoms with Gasteiger partial charge in [0.05, 0.1) is 15.9 Å². The first kappa shape index (κ1) is 30.7. The Labute approximate surface area is 273 Å². The number of rotatable bonds is 7. The monoisotopic (exact) mass is 645 g/mol. The molecule has 10 nitrogen and oxygen atoms in total. The average Bonchev–Trinajstić information content (AvgIpc) is 3.38. The van der Waals surface area contributed by atoms with E-state index in [4.69, 9.17) is 21.6 Å². The summed E-state index contributed by atoms with van der Waals surface area (Å²) in [5.41, 5.74) is 2.94. The number of likely N-dealkylation sites (N-methyl/N-ethyl adjacent to an activating group) is 1. The minimum absolute atomic E-state index is 0.0828. The van der Waals surface area contributed by atoms with Crippen molar-refractivity contribution in [1.29, 1.82) is 0 Å². The Morgan fingerprint density at radius 2 is 1.89 bits per heavy atom. The summed E-state index contributed by atoms with van der Waals surface area (Å²) in [7, 11) is 4.12. The van der Waals surface area contributed by atoms with Gasteiger partial charge in [-0.05, 0) is 77.9 Å². The number of H-pyrrole nitrogens is 1. The molecule has 46 heavy (non-hydrogen) atoms. The third-order valence-corrected chi connectivity index (χ3v) is 10.4. The summed E-state index contributed by atoms with van der Waals surface area (Å²) in [4.78, 5) is 30.8. The number of aryl methyl sites for hydroxylation is 1. The van der Waals surface area contributed by atoms with Gasteiger partial charge in [0.25, 0.3) is 0 Å². The molecule has 0 spiro atoms. The largest absolute Gasteiger partial charge is 0.365 e. The van der Waals surface area contributed by atoms with Crippen LogP contribution in [0.2, 0.25) is 5.02 Å². The standard InChI is InChI=1S/C34H41ClFN9O/c1-7-26(46)44-14-20(4)45(15-19(44)3)33-23-13-24(35)28(30(36)31(23)38-34(39-33)43-16-22(17-43)42(5)6)27-18(2)11-12-25-29(27)32(41-40-25)37-21-9-8-10-21/h7,11-13,19-22H,1,8-10,14-17H2,2-6H3,(H2,37,40,41)/t19-,20+/m1/s1. The Morgan fingerprint density at radius 3 is 2.57 bits per heavy atom. The summed E-state index contributed by atoms with van der Waals surface area (Å²) in [5, 5.41) is 12.9. The zero-order valence-electron chi connectivity index (χ0n) is 27.1. The number of anilines is 3. The number of aromatic amines is 1. The SMILES string of the molecule is C=CC(=O)N1C[C@H](C)N(c2nc(N3CC(N(C)C)C3)nc3c(F)c(-c4c(C)ccc5[nH]nc(NC6CCC6)c45)c(Cl)cc23)C[C@H]1C. The molecule has 2 aromatic carbocycles. The first-order valence-corrected chi connectivity index (χ1v) is 16.5. The maximum Gasteiger partial charge on any atom is 0.246 e. The molecule has 2 aromatic heterocycles. The van der Waals surface area contributed by atoms with E-state index in [0.29, 0.717) is 59.3 Å². The molecule has 12 heteroatoms. The molecular formula is C34H41ClFN9O. The number of amides is 1. The molecule has 2 saturated heterocycles. The number of nitrogens with zero attached hydrogens (tertiary/aromatic N) is 7. The van der Waals surface area contributed by atoms with Crippen molar-refractivity contribution in [3.63, 3.8) is 0 Å². The number of halogens is 2. The number of nitrogens with one attached hydrogen (secondary N) is 2. The summed E-state index contributed by atoms with van der Waals surface area (Å²) >= 11 is 7.09. The van der Waals surface area contributed by atoms with Gasteiger partial charge in [-0.25, -0.2) is 9.37 Å². The Balaban J connectivity index is 1.40. The van der Waals surface area contributed by atoms with Crippen LogP contribution >= 0.6 is 11.6 Å². The summed E-state index contributed by atoms with van der Waals surface area (Å²) in [6.45, 7) is 12.2. The molecular weight excluding hydrogens is 605 g/mol. The second kappa shape index (κ2) is 11.7. The van der Waals surface area contributed by atoms with Gasteiger partial charge in [-0.15, -0.1) is 0 Å². The van der Waals surface area contributed by atoms with Crippen molar-refractivity contribution in [1.82, 2.24) is 30.0 Å². The second-order valence-corrected chi connectivity index (χ2v) is 13.8. The quantitative estimate of drug-likeness (QED) is 0.251. The molecule has 0 bridgehead atoms. The third-order valence-electron chi connectivity index (χ3n) is 10.1. The maximum absolute atomic E-state index is 17.3. The fourth-order valence-corrected chi connectivity index (χ4v) is 7.23. The van der Waals surface area contributed by atoms with Crippen molar-refractivity contribution in [2.45, 2.75) is 64.2 Å². The molecule has 0 unspecified atom stereocenters. The summed E-state index contributed by atoms with van der Waals surface area (Å²) in [6, 6.07) is 6.29. The predicted molar refractivity (Wildman–Crippen MR) is 183 cm³/mol. The lowest BCUT2D eigenvalue weighted by atomic mass is 9.92. The molecule has 2 atom stereocenters. The van der Waals surface area contributed by atoms with Crippen LogP contribution in [0.4, 0.5) is 22.0 Å². The fraction of sp³-hybridized carbons (Fsp3) is 0.471. The molecule has 1 aliphatic carbocycles. The highest BCUT2D eigenvalue weighted by Gasteiger charge is 2.36. The lowest BCUT2D eigenvalue weighted by Crippen LogP contribution is -2.59. The van der Waals surface area contributed by atoms with Crippen molar-refractivity contribution in [2.75, 3.05) is 55.4 Å². The molecule has 0 radical (unpaired) electrons. The van der Waals surface area contributed by atoms with Gasteiger partial charge in [-0.1, -0.05) is 24.2 Å². The number of fused-ring (bicyclic) bond motifs is 2. The lowest BCUT2D eigenvalue weighted by Gasteiger charge is -2.45. The molecule has 1 saturated carbocycles. The summed E-state index contributed by atoms with van der Waals surface area (Å²) < 4.78 is 17.3. The topological polar surface area (TPSA) is 96.5 Å². The van der Waals surface area contributed by atoms with Crippen LogP contribution in [0.3, 0.4) is 0 Å². The van der Waals surface area contributed by atoms with Crippen LogP contribution in [-0.4, -0.2) is 100 Å². The van der Waals surface area contributed by atoms with Crippen molar-refractivity contribution >= 4 is 56.9 Å². The first-order valence-electron chi connectivity index (χ1n) is 16.1. The number of hydrogen-bond donors (Lipinski definition) is 2. The highest BCUT2D eigenvalue weighted by atomic mass is 35.5. The van der Waals surface area contributed by atoms with Gasteiger partial charge in [0.1, 0.15) is 11.3 Å². The molecule has 3 aliphatic rings. The lowest BCUT2D eigenvalue weighted by molar-refractivity contribution is -0.128. The van der Waals surface area contributed by atoms with E-state index in [1.165, 1.54) is 12.5 Å². The zero-order valence-corrected chi connectivity index (χ0v) is 27.8. The van der Waals surface area contributed by atoms with Crippen LogP contribution in [0.15, 0.2) is 30.9 Å². The number of benzene rings is 2. The molecule has 242 valence electrons. The third kappa shape index (κ3) is 5.04. The number of piperazine rings is 1. The van der Waals surface area contributed by atoms with Crippen LogP contribution in [0.1, 0.15) is 38.7 Å². The van der Waals surface area contributed by atoms with Crippen molar-refractivity contribution < 1.29 is 9.18 Å². The molecule has 1 amide bonds. The normalized spacial score (nSPS) is 20.8. The molecule has 4 aromatic rings. The fourth-order valence-electron chi connectivity index (χ4n) is 6.94. The van der Waals surface area contributed by atoms with E-state index < -0.39 is 5.82 Å². The summed E-state index contributed by atoms with van der Waals surface area (Å²) in [5.74, 6) is 1.24. The molecule has 3 fully saturated rings.